The van der Waals surface area contributed by atoms with E-state index in [9.17, 15) is 5.11 Å². The molecule has 0 fully saturated rings. The van der Waals surface area contributed by atoms with Gasteiger partial charge in [0.1, 0.15) is 6.61 Å². The van der Waals surface area contributed by atoms with E-state index in [1.165, 1.54) is 44.9 Å². The summed E-state index contributed by atoms with van der Waals surface area (Å²) in [5.41, 5.74) is 0. The minimum Gasteiger partial charge on any atom is -0.379 e. The zero-order valence-corrected chi connectivity index (χ0v) is 9.59. The highest BCUT2D eigenvalue weighted by atomic mass is 16.5. The zero-order valence-electron chi connectivity index (χ0n) is 9.59. The number of hydrogen-bond acceptors (Lipinski definition) is 1. The van der Waals surface area contributed by atoms with Gasteiger partial charge in [-0.2, -0.15) is 0 Å². The van der Waals surface area contributed by atoms with Crippen LogP contribution in [0.3, 0.4) is 0 Å². The van der Waals surface area contributed by atoms with Crippen LogP contribution in [0.1, 0.15) is 58.3 Å². The standard InChI is InChI=1S/C12H25O2/c1-2-3-4-5-6-7-8-9-11-14-12-10-13/h2-12H2,1H3. The Morgan fingerprint density at radius 1 is 0.786 bits per heavy atom. The molecule has 0 N–H and O–H groups in total. The predicted molar refractivity (Wildman–Crippen MR) is 59.0 cm³/mol. The highest BCUT2D eigenvalue weighted by Gasteiger charge is 1.91. The van der Waals surface area contributed by atoms with E-state index in [0.717, 1.165) is 13.0 Å². The van der Waals surface area contributed by atoms with Crippen LogP contribution in [0.25, 0.3) is 0 Å². The fourth-order valence-corrected chi connectivity index (χ4v) is 1.50. The molecule has 0 unspecified atom stereocenters. The van der Waals surface area contributed by atoms with Gasteiger partial charge in [0.25, 0.3) is 0 Å². The van der Waals surface area contributed by atoms with E-state index in [1.807, 2.05) is 0 Å². The molecule has 0 aromatic rings. The van der Waals surface area contributed by atoms with E-state index in [1.54, 1.807) is 0 Å². The third-order valence-corrected chi connectivity index (χ3v) is 2.37. The molecule has 0 saturated carbocycles. The first-order chi connectivity index (χ1) is 6.91. The fourth-order valence-electron chi connectivity index (χ4n) is 1.50. The highest BCUT2D eigenvalue weighted by molar-refractivity contribution is 4.45. The predicted octanol–water partition coefficient (Wildman–Crippen LogP) is 3.57. The second kappa shape index (κ2) is 12.9. The molecule has 0 aliphatic rings. The minimum absolute atomic E-state index is 0.100. The molecule has 0 heterocycles. The molecular formula is C12H25O2. The molecule has 14 heavy (non-hydrogen) atoms. The second-order valence-electron chi connectivity index (χ2n) is 3.79. The number of ether oxygens (including phenoxy) is 1. The summed E-state index contributed by atoms with van der Waals surface area (Å²) in [6.45, 7) is 3.30. The summed E-state index contributed by atoms with van der Waals surface area (Å²) in [5, 5.41) is 10.0. The average Bonchev–Trinajstić information content (AvgIpc) is 2.21. The molecule has 0 bridgehead atoms. The van der Waals surface area contributed by atoms with E-state index < -0.39 is 0 Å². The molecule has 85 valence electrons. The van der Waals surface area contributed by atoms with Crippen molar-refractivity contribution in [2.24, 2.45) is 0 Å². The molecule has 1 radical (unpaired) electrons. The Balaban J connectivity index is 2.78. The monoisotopic (exact) mass is 201 g/mol. The molecule has 0 rings (SSSR count). The summed E-state index contributed by atoms with van der Waals surface area (Å²) in [7, 11) is 0. The Morgan fingerprint density at radius 3 is 1.93 bits per heavy atom. The summed E-state index contributed by atoms with van der Waals surface area (Å²) < 4.78 is 5.12. The van der Waals surface area contributed by atoms with Crippen LogP contribution in [0, 0.1) is 0 Å². The SMILES string of the molecule is CCCCCCCCCCOCC[O]. The van der Waals surface area contributed by atoms with Gasteiger partial charge in [-0.25, -0.2) is 5.11 Å². The lowest BCUT2D eigenvalue weighted by Gasteiger charge is -2.02. The van der Waals surface area contributed by atoms with Crippen molar-refractivity contribution in [2.75, 3.05) is 19.8 Å². The molecule has 0 aliphatic heterocycles. The van der Waals surface area contributed by atoms with Gasteiger partial charge in [0.05, 0.1) is 6.61 Å². The number of rotatable bonds is 11. The first-order valence-corrected chi connectivity index (χ1v) is 6.07. The van der Waals surface area contributed by atoms with E-state index >= 15 is 0 Å². The van der Waals surface area contributed by atoms with Crippen molar-refractivity contribution >= 4 is 0 Å². The Morgan fingerprint density at radius 2 is 1.36 bits per heavy atom. The molecule has 0 aromatic heterocycles. The van der Waals surface area contributed by atoms with Gasteiger partial charge in [0.15, 0.2) is 0 Å². The van der Waals surface area contributed by atoms with Crippen molar-refractivity contribution in [1.82, 2.24) is 0 Å². The molecular weight excluding hydrogens is 176 g/mol. The first-order valence-electron chi connectivity index (χ1n) is 6.07. The van der Waals surface area contributed by atoms with Crippen LogP contribution in [0.5, 0.6) is 0 Å². The van der Waals surface area contributed by atoms with Gasteiger partial charge in [0, 0.05) is 6.61 Å². The van der Waals surface area contributed by atoms with Gasteiger partial charge in [-0.05, 0) is 6.42 Å². The molecule has 0 atom stereocenters. The van der Waals surface area contributed by atoms with Crippen molar-refractivity contribution in [3.8, 4) is 0 Å². The maximum Gasteiger partial charge on any atom is 0.106 e. The zero-order chi connectivity index (χ0) is 10.5. The fraction of sp³-hybridized carbons (Fsp3) is 1.00. The number of hydrogen-bond donors (Lipinski definition) is 0. The van der Waals surface area contributed by atoms with Crippen molar-refractivity contribution in [1.29, 1.82) is 0 Å². The second-order valence-corrected chi connectivity index (χ2v) is 3.79. The Labute approximate surface area is 88.7 Å². The maximum atomic E-state index is 10.0. The largest absolute Gasteiger partial charge is 0.379 e. The van der Waals surface area contributed by atoms with Crippen LogP contribution < -0.4 is 0 Å². The summed E-state index contributed by atoms with van der Waals surface area (Å²) in [6, 6.07) is 0. The molecule has 0 aromatic carbocycles. The van der Waals surface area contributed by atoms with Gasteiger partial charge in [0.2, 0.25) is 0 Å². The van der Waals surface area contributed by atoms with Crippen LogP contribution in [-0.4, -0.2) is 19.8 Å². The van der Waals surface area contributed by atoms with Gasteiger partial charge in [-0.1, -0.05) is 51.9 Å². The summed E-state index contributed by atoms with van der Waals surface area (Å²) in [5.74, 6) is 0. The van der Waals surface area contributed by atoms with Gasteiger partial charge >= 0.3 is 0 Å². The molecule has 0 amide bonds. The normalized spacial score (nSPS) is 10.7. The van der Waals surface area contributed by atoms with Crippen LogP contribution in [-0.2, 0) is 9.84 Å². The van der Waals surface area contributed by atoms with E-state index in [4.69, 9.17) is 4.74 Å². The molecule has 0 aliphatic carbocycles. The topological polar surface area (TPSA) is 29.1 Å². The van der Waals surface area contributed by atoms with E-state index in [0.29, 0.717) is 6.61 Å². The molecule has 2 heteroatoms. The van der Waals surface area contributed by atoms with E-state index in [-0.39, 0.29) is 6.61 Å². The molecule has 2 nitrogen and oxygen atoms in total. The van der Waals surface area contributed by atoms with Crippen LogP contribution in [0.2, 0.25) is 0 Å². The Hall–Kier alpha value is -0.0800. The van der Waals surface area contributed by atoms with Gasteiger partial charge in [-0.15, -0.1) is 0 Å². The van der Waals surface area contributed by atoms with Crippen LogP contribution in [0.4, 0.5) is 0 Å². The summed E-state index contributed by atoms with van der Waals surface area (Å²) in [4.78, 5) is 0. The maximum absolute atomic E-state index is 10.0. The van der Waals surface area contributed by atoms with Gasteiger partial charge in [-0.3, -0.25) is 0 Å². The lowest BCUT2D eigenvalue weighted by atomic mass is 10.1. The Bertz CT molecular complexity index is 82.3. The quantitative estimate of drug-likeness (QED) is 0.470. The van der Waals surface area contributed by atoms with Crippen LogP contribution >= 0.6 is 0 Å². The highest BCUT2D eigenvalue weighted by Crippen LogP contribution is 2.08. The lowest BCUT2D eigenvalue weighted by Crippen LogP contribution is -1.99. The lowest BCUT2D eigenvalue weighted by molar-refractivity contribution is 0.0618. The van der Waals surface area contributed by atoms with Crippen molar-refractivity contribution in [3.63, 3.8) is 0 Å². The Kier molecular flexibility index (Phi) is 12.8. The smallest absolute Gasteiger partial charge is 0.106 e. The van der Waals surface area contributed by atoms with E-state index in [2.05, 4.69) is 6.92 Å². The summed E-state index contributed by atoms with van der Waals surface area (Å²) >= 11 is 0. The summed E-state index contributed by atoms with van der Waals surface area (Å²) in [6.07, 6.45) is 10.5. The van der Waals surface area contributed by atoms with Gasteiger partial charge < -0.3 is 4.74 Å². The molecule has 0 spiro atoms. The van der Waals surface area contributed by atoms with Crippen molar-refractivity contribution in [3.05, 3.63) is 0 Å². The third kappa shape index (κ3) is 11.9. The van der Waals surface area contributed by atoms with Crippen molar-refractivity contribution < 1.29 is 9.84 Å². The first kappa shape index (κ1) is 13.9. The minimum atomic E-state index is -0.100. The average molecular weight is 201 g/mol. The third-order valence-electron chi connectivity index (χ3n) is 2.37. The molecule has 0 saturated heterocycles. The van der Waals surface area contributed by atoms with Crippen molar-refractivity contribution in [2.45, 2.75) is 58.3 Å². The number of unbranched alkanes of at least 4 members (excludes halogenated alkanes) is 7. The van der Waals surface area contributed by atoms with Crippen LogP contribution in [0.15, 0.2) is 0 Å².